The van der Waals surface area contributed by atoms with Crippen LogP contribution >= 0.6 is 23.3 Å². The summed E-state index contributed by atoms with van der Waals surface area (Å²) >= 11 is 3.16. The predicted molar refractivity (Wildman–Crippen MR) is 101 cm³/mol. The smallest absolute Gasteiger partial charge is 0.278 e. The predicted octanol–water partition coefficient (Wildman–Crippen LogP) is 5.36. The maximum Gasteiger partial charge on any atom is 0.278 e. The molecular formula is C18H14N2O3S2. The van der Waals surface area contributed by atoms with Crippen LogP contribution in [-0.2, 0) is 6.54 Å². The van der Waals surface area contributed by atoms with Gasteiger partial charge in [0.25, 0.3) is 5.69 Å². The van der Waals surface area contributed by atoms with Crippen molar-refractivity contribution in [3.05, 3.63) is 69.6 Å². The second-order valence-corrected chi connectivity index (χ2v) is 7.52. The number of benzene rings is 2. The van der Waals surface area contributed by atoms with Crippen LogP contribution in [0, 0.1) is 10.1 Å². The second kappa shape index (κ2) is 6.42. The summed E-state index contributed by atoms with van der Waals surface area (Å²) in [4.78, 5) is 13.2. The topological polar surface area (TPSA) is 55.6 Å². The minimum absolute atomic E-state index is 0.176. The molecule has 0 radical (unpaired) electrons. The number of nitro groups is 1. The van der Waals surface area contributed by atoms with Crippen molar-refractivity contribution in [1.82, 2.24) is 0 Å². The fraction of sp³-hybridized carbons (Fsp3) is 0.111. The molecule has 0 atom stereocenters. The Bertz CT molecular complexity index is 938. The van der Waals surface area contributed by atoms with Crippen molar-refractivity contribution in [2.45, 2.75) is 11.4 Å². The van der Waals surface area contributed by atoms with Gasteiger partial charge >= 0.3 is 0 Å². The average Bonchev–Trinajstić information content (AvgIpc) is 3.12. The molecule has 7 heteroatoms. The van der Waals surface area contributed by atoms with E-state index in [-0.39, 0.29) is 10.6 Å². The van der Waals surface area contributed by atoms with E-state index in [0.29, 0.717) is 6.54 Å². The third kappa shape index (κ3) is 2.85. The Hall–Kier alpha value is -2.51. The van der Waals surface area contributed by atoms with Gasteiger partial charge < -0.3 is 9.04 Å². The summed E-state index contributed by atoms with van der Waals surface area (Å²) in [5.74, 6) is 0.820. The summed E-state index contributed by atoms with van der Waals surface area (Å²) < 4.78 is 7.38. The van der Waals surface area contributed by atoms with Gasteiger partial charge in [-0.2, -0.15) is 0 Å². The quantitative estimate of drug-likeness (QED) is 0.351. The third-order valence-electron chi connectivity index (χ3n) is 4.05. The largest absolute Gasteiger partial charge is 0.497 e. The van der Waals surface area contributed by atoms with Gasteiger partial charge in [-0.15, -0.1) is 11.3 Å². The van der Waals surface area contributed by atoms with E-state index >= 15 is 0 Å². The molecule has 5 nitrogen and oxygen atoms in total. The van der Waals surface area contributed by atoms with Crippen LogP contribution in [0.2, 0.25) is 0 Å². The molecule has 0 amide bonds. The summed E-state index contributed by atoms with van der Waals surface area (Å²) in [6.45, 7) is 0.622. The number of anilines is 1. The fourth-order valence-electron chi connectivity index (χ4n) is 2.90. The molecule has 0 aliphatic carbocycles. The number of nitrogens with zero attached hydrogens (tertiary/aromatic N) is 2. The molecule has 0 saturated carbocycles. The van der Waals surface area contributed by atoms with E-state index < -0.39 is 0 Å². The van der Waals surface area contributed by atoms with Crippen LogP contribution in [0.3, 0.4) is 0 Å². The number of fused-ring (bicyclic) bond motifs is 3. The molecule has 126 valence electrons. The minimum atomic E-state index is -0.297. The first kappa shape index (κ1) is 16.0. The Morgan fingerprint density at radius 2 is 2.00 bits per heavy atom. The molecule has 1 aromatic heterocycles. The Labute approximate surface area is 153 Å². The highest BCUT2D eigenvalue weighted by Gasteiger charge is 2.30. The van der Waals surface area contributed by atoms with Crippen LogP contribution in [0.25, 0.3) is 10.4 Å². The lowest BCUT2D eigenvalue weighted by Crippen LogP contribution is -2.18. The van der Waals surface area contributed by atoms with E-state index in [4.69, 9.17) is 4.74 Å². The van der Waals surface area contributed by atoms with Crippen LogP contribution in [0.4, 0.5) is 11.4 Å². The molecule has 3 aromatic rings. The molecule has 1 aliphatic heterocycles. The molecule has 1 aliphatic rings. The van der Waals surface area contributed by atoms with Crippen molar-refractivity contribution in [2.75, 3.05) is 11.4 Å². The normalized spacial score (nSPS) is 12.4. The fourth-order valence-corrected chi connectivity index (χ4v) is 4.91. The van der Waals surface area contributed by atoms with Gasteiger partial charge in [-0.25, -0.2) is 0 Å². The van der Waals surface area contributed by atoms with E-state index in [0.717, 1.165) is 32.3 Å². The van der Waals surface area contributed by atoms with Crippen molar-refractivity contribution in [3.8, 4) is 16.2 Å². The van der Waals surface area contributed by atoms with Gasteiger partial charge in [0.1, 0.15) is 5.75 Å². The van der Waals surface area contributed by atoms with Gasteiger partial charge in [-0.1, -0.05) is 12.1 Å². The highest BCUT2D eigenvalue weighted by Crippen LogP contribution is 2.49. The number of nitro benzene ring substituents is 1. The van der Waals surface area contributed by atoms with Crippen molar-refractivity contribution in [1.29, 1.82) is 0 Å². The molecular weight excluding hydrogens is 356 g/mol. The molecule has 2 aromatic carbocycles. The third-order valence-corrected chi connectivity index (χ3v) is 6.00. The first-order valence-electron chi connectivity index (χ1n) is 7.61. The summed E-state index contributed by atoms with van der Waals surface area (Å²) in [5, 5.41) is 13.4. The van der Waals surface area contributed by atoms with Crippen molar-refractivity contribution in [3.63, 3.8) is 0 Å². The standard InChI is InChI=1S/C18H14N2O3S2/c1-23-13-5-7-14(8-6-13)25-19-11-12-3-2-4-15(20(21)22)17(12)18-16(19)9-10-24-18/h2-10H,11H2,1H3. The molecule has 0 spiro atoms. The minimum Gasteiger partial charge on any atom is -0.497 e. The van der Waals surface area contributed by atoms with Crippen molar-refractivity contribution >= 4 is 34.7 Å². The van der Waals surface area contributed by atoms with Gasteiger partial charge in [-0.05, 0) is 53.2 Å². The SMILES string of the molecule is COc1ccc(SN2Cc3cccc([N+](=O)[O-])c3-c3sccc32)cc1. The lowest BCUT2D eigenvalue weighted by molar-refractivity contribution is -0.384. The summed E-state index contributed by atoms with van der Waals surface area (Å²) in [6, 6.07) is 15.2. The number of thiophene rings is 1. The van der Waals surface area contributed by atoms with E-state index in [2.05, 4.69) is 4.31 Å². The molecule has 0 N–H and O–H groups in total. The number of methoxy groups -OCH3 is 1. The molecule has 0 saturated heterocycles. The first-order valence-corrected chi connectivity index (χ1v) is 9.26. The molecule has 0 fully saturated rings. The zero-order valence-electron chi connectivity index (χ0n) is 13.3. The second-order valence-electron chi connectivity index (χ2n) is 5.51. The van der Waals surface area contributed by atoms with Gasteiger partial charge in [0, 0.05) is 11.0 Å². The van der Waals surface area contributed by atoms with Gasteiger partial charge in [0.2, 0.25) is 0 Å². The number of hydrogen-bond donors (Lipinski definition) is 0. The van der Waals surface area contributed by atoms with Gasteiger partial charge in [0.15, 0.2) is 0 Å². The zero-order valence-corrected chi connectivity index (χ0v) is 15.0. The van der Waals surface area contributed by atoms with Crippen LogP contribution in [0.1, 0.15) is 5.56 Å². The van der Waals surface area contributed by atoms with E-state index in [1.54, 1.807) is 42.5 Å². The van der Waals surface area contributed by atoms with E-state index in [9.17, 15) is 10.1 Å². The Kier molecular flexibility index (Phi) is 4.10. The number of hydrogen-bond acceptors (Lipinski definition) is 6. The lowest BCUT2D eigenvalue weighted by atomic mass is 10.00. The Balaban J connectivity index is 1.72. The molecule has 0 bridgehead atoms. The molecule has 0 unspecified atom stereocenters. The highest BCUT2D eigenvalue weighted by atomic mass is 32.2. The van der Waals surface area contributed by atoms with E-state index in [1.807, 2.05) is 41.8 Å². The lowest BCUT2D eigenvalue weighted by Gasteiger charge is -2.29. The van der Waals surface area contributed by atoms with Crippen LogP contribution in [-0.4, -0.2) is 12.0 Å². The Morgan fingerprint density at radius 1 is 1.20 bits per heavy atom. The van der Waals surface area contributed by atoms with Crippen molar-refractivity contribution < 1.29 is 9.66 Å². The maximum atomic E-state index is 11.4. The maximum absolute atomic E-state index is 11.4. The van der Waals surface area contributed by atoms with Crippen molar-refractivity contribution in [2.24, 2.45) is 0 Å². The number of rotatable bonds is 4. The number of ether oxygens (including phenoxy) is 1. The molecule has 2 heterocycles. The Morgan fingerprint density at radius 3 is 2.72 bits per heavy atom. The summed E-state index contributed by atoms with van der Waals surface area (Å²) in [5.41, 5.74) is 2.93. The highest BCUT2D eigenvalue weighted by molar-refractivity contribution is 8.00. The monoisotopic (exact) mass is 370 g/mol. The molecule has 25 heavy (non-hydrogen) atoms. The van der Waals surface area contributed by atoms with Gasteiger partial charge in [-0.3, -0.25) is 10.1 Å². The van der Waals surface area contributed by atoms with E-state index in [1.165, 1.54) is 0 Å². The van der Waals surface area contributed by atoms with Gasteiger partial charge in [0.05, 0.1) is 34.7 Å². The van der Waals surface area contributed by atoms with Crippen LogP contribution in [0.5, 0.6) is 5.75 Å². The zero-order chi connectivity index (χ0) is 17.4. The molecule has 4 rings (SSSR count). The van der Waals surface area contributed by atoms with Crippen LogP contribution in [0.15, 0.2) is 58.8 Å². The summed E-state index contributed by atoms with van der Waals surface area (Å²) in [7, 11) is 1.65. The van der Waals surface area contributed by atoms with Crippen LogP contribution < -0.4 is 9.04 Å². The first-order chi connectivity index (χ1) is 12.2. The average molecular weight is 370 g/mol. The summed E-state index contributed by atoms with van der Waals surface area (Å²) in [6.07, 6.45) is 0.